The van der Waals surface area contributed by atoms with Crippen LogP contribution < -0.4 is 19.5 Å². The Morgan fingerprint density at radius 2 is 1.78 bits per heavy atom. The second-order valence-corrected chi connectivity index (χ2v) is 6.13. The van der Waals surface area contributed by atoms with E-state index in [-0.39, 0.29) is 5.91 Å². The Morgan fingerprint density at radius 3 is 2.30 bits per heavy atom. The molecular formula is C18H19ClN4O4. The average Bonchev–Trinajstić information content (AvgIpc) is 3.26. The molecule has 0 fully saturated rings. The monoisotopic (exact) mass is 390 g/mol. The summed E-state index contributed by atoms with van der Waals surface area (Å²) in [5.41, 5.74) is 1.87. The van der Waals surface area contributed by atoms with E-state index in [2.05, 4.69) is 15.5 Å². The second-order valence-electron chi connectivity index (χ2n) is 5.69. The van der Waals surface area contributed by atoms with Crippen molar-refractivity contribution in [2.45, 2.75) is 0 Å². The van der Waals surface area contributed by atoms with Gasteiger partial charge in [0.2, 0.25) is 5.75 Å². The molecule has 142 valence electrons. The van der Waals surface area contributed by atoms with Crippen LogP contribution in [-0.2, 0) is 7.05 Å². The van der Waals surface area contributed by atoms with Crippen molar-refractivity contribution >= 4 is 23.3 Å². The number of H-pyrrole nitrogens is 1. The Labute approximate surface area is 161 Å². The minimum atomic E-state index is -0.313. The summed E-state index contributed by atoms with van der Waals surface area (Å²) in [5.74, 6) is 1.60. The Hall–Kier alpha value is -3.13. The number of halogens is 1. The van der Waals surface area contributed by atoms with Gasteiger partial charge in [0, 0.05) is 24.9 Å². The smallest absolute Gasteiger partial charge is 0.273 e. The highest BCUT2D eigenvalue weighted by atomic mass is 35.5. The molecule has 3 aromatic rings. The number of hydrogen-bond donors (Lipinski definition) is 2. The number of anilines is 1. The number of aromatic amines is 1. The Morgan fingerprint density at radius 1 is 1.11 bits per heavy atom. The topological polar surface area (TPSA) is 90.4 Å². The first-order chi connectivity index (χ1) is 13.0. The number of nitrogens with zero attached hydrogens (tertiary/aromatic N) is 2. The van der Waals surface area contributed by atoms with Gasteiger partial charge < -0.3 is 24.1 Å². The number of methoxy groups -OCH3 is 3. The van der Waals surface area contributed by atoms with Gasteiger partial charge in [-0.25, -0.2) is 0 Å². The molecule has 9 heteroatoms. The zero-order valence-electron chi connectivity index (χ0n) is 15.3. The first kappa shape index (κ1) is 18.7. The van der Waals surface area contributed by atoms with E-state index in [4.69, 9.17) is 25.8 Å². The molecule has 0 saturated heterocycles. The lowest BCUT2D eigenvalue weighted by molar-refractivity contribution is 0.101. The van der Waals surface area contributed by atoms with E-state index in [1.54, 1.807) is 63.4 Å². The van der Waals surface area contributed by atoms with Gasteiger partial charge in [-0.1, -0.05) is 11.6 Å². The molecule has 0 aliphatic heterocycles. The molecule has 1 aromatic carbocycles. The molecule has 1 amide bonds. The number of nitrogens with one attached hydrogen (secondary N) is 2. The Bertz CT molecular complexity index is 955. The van der Waals surface area contributed by atoms with Crippen molar-refractivity contribution in [1.29, 1.82) is 0 Å². The molecule has 3 rings (SSSR count). The van der Waals surface area contributed by atoms with E-state index in [9.17, 15) is 4.79 Å². The molecule has 0 bridgehead atoms. The van der Waals surface area contributed by atoms with Crippen molar-refractivity contribution in [3.8, 4) is 28.5 Å². The molecule has 0 saturated carbocycles. The zero-order valence-corrected chi connectivity index (χ0v) is 16.0. The van der Waals surface area contributed by atoms with Crippen LogP contribution in [0, 0.1) is 0 Å². The van der Waals surface area contributed by atoms with Crippen molar-refractivity contribution in [1.82, 2.24) is 14.8 Å². The number of benzene rings is 1. The molecular weight excluding hydrogens is 372 g/mol. The van der Waals surface area contributed by atoms with Gasteiger partial charge in [0.25, 0.3) is 5.91 Å². The molecule has 27 heavy (non-hydrogen) atoms. The summed E-state index contributed by atoms with van der Waals surface area (Å²) in [5, 5.41) is 10.2. The highest BCUT2D eigenvalue weighted by Crippen LogP contribution is 2.41. The third-order valence-corrected chi connectivity index (χ3v) is 4.21. The second kappa shape index (κ2) is 7.63. The van der Waals surface area contributed by atoms with E-state index in [0.717, 1.165) is 5.56 Å². The average molecular weight is 391 g/mol. The van der Waals surface area contributed by atoms with Gasteiger partial charge in [-0.15, -0.1) is 0 Å². The van der Waals surface area contributed by atoms with Gasteiger partial charge in [0.05, 0.1) is 32.0 Å². The number of hydrogen-bond acceptors (Lipinski definition) is 5. The van der Waals surface area contributed by atoms with Crippen LogP contribution in [0.1, 0.15) is 10.5 Å². The molecule has 2 heterocycles. The summed E-state index contributed by atoms with van der Waals surface area (Å²) in [6.07, 6.45) is 1.66. The molecule has 0 spiro atoms. The Kier molecular flexibility index (Phi) is 5.27. The summed E-state index contributed by atoms with van der Waals surface area (Å²) in [7, 11) is 6.38. The van der Waals surface area contributed by atoms with Crippen molar-refractivity contribution in [3.63, 3.8) is 0 Å². The zero-order chi connectivity index (χ0) is 19.6. The third kappa shape index (κ3) is 3.70. The number of rotatable bonds is 6. The van der Waals surface area contributed by atoms with E-state index >= 15 is 0 Å². The lowest BCUT2D eigenvalue weighted by Crippen LogP contribution is -2.15. The number of ether oxygens (including phenoxy) is 3. The molecule has 0 aliphatic rings. The van der Waals surface area contributed by atoms with Crippen LogP contribution >= 0.6 is 11.6 Å². The first-order valence-electron chi connectivity index (χ1n) is 7.95. The standard InChI is InChI=1S/C18H19ClN4O4/c1-23-9-11(19)7-13(23)18(24)20-16-8-12(21-22-16)10-5-14(25-2)17(27-4)15(6-10)26-3/h5-9H,1-4H3,(H2,20,21,22,24). The number of amides is 1. The number of aryl methyl sites for hydroxylation is 1. The predicted molar refractivity (Wildman–Crippen MR) is 102 cm³/mol. The van der Waals surface area contributed by atoms with Gasteiger partial charge in [0.1, 0.15) is 5.69 Å². The maximum absolute atomic E-state index is 12.4. The fourth-order valence-electron chi connectivity index (χ4n) is 2.70. The van der Waals surface area contributed by atoms with Crippen LogP contribution in [0.2, 0.25) is 5.02 Å². The molecule has 2 aromatic heterocycles. The van der Waals surface area contributed by atoms with Gasteiger partial charge in [-0.2, -0.15) is 5.10 Å². The van der Waals surface area contributed by atoms with Crippen LogP contribution in [0.3, 0.4) is 0 Å². The SMILES string of the molecule is COc1cc(-c2cc(NC(=O)c3cc(Cl)cn3C)n[nH]2)cc(OC)c1OC. The third-order valence-electron chi connectivity index (χ3n) is 4.00. The van der Waals surface area contributed by atoms with Gasteiger partial charge in [-0.05, 0) is 18.2 Å². The van der Waals surface area contributed by atoms with Crippen LogP contribution in [0.25, 0.3) is 11.3 Å². The molecule has 0 aliphatic carbocycles. The molecule has 0 unspecified atom stereocenters. The molecule has 0 atom stereocenters. The fraction of sp³-hybridized carbons (Fsp3) is 0.222. The maximum atomic E-state index is 12.4. The molecule has 8 nitrogen and oxygen atoms in total. The van der Waals surface area contributed by atoms with Crippen molar-refractivity contribution in [3.05, 3.63) is 41.2 Å². The summed E-state index contributed by atoms with van der Waals surface area (Å²) in [4.78, 5) is 12.4. The van der Waals surface area contributed by atoms with E-state index in [1.807, 2.05) is 0 Å². The summed E-state index contributed by atoms with van der Waals surface area (Å²) >= 11 is 5.92. The summed E-state index contributed by atoms with van der Waals surface area (Å²) < 4.78 is 17.7. The largest absolute Gasteiger partial charge is 0.493 e. The quantitative estimate of drug-likeness (QED) is 0.673. The maximum Gasteiger partial charge on any atom is 0.273 e. The number of carbonyl (C=O) groups excluding carboxylic acids is 1. The summed E-state index contributed by atoms with van der Waals surface area (Å²) in [6.45, 7) is 0. The number of aromatic nitrogens is 3. The molecule has 0 radical (unpaired) electrons. The van der Waals surface area contributed by atoms with Crippen LogP contribution in [0.5, 0.6) is 17.2 Å². The lowest BCUT2D eigenvalue weighted by atomic mass is 10.1. The van der Waals surface area contributed by atoms with Crippen molar-refractivity contribution in [2.75, 3.05) is 26.6 Å². The fourth-order valence-corrected chi connectivity index (χ4v) is 2.95. The van der Waals surface area contributed by atoms with E-state index < -0.39 is 0 Å². The highest BCUT2D eigenvalue weighted by molar-refractivity contribution is 6.31. The van der Waals surface area contributed by atoms with Crippen LogP contribution in [0.15, 0.2) is 30.5 Å². The minimum Gasteiger partial charge on any atom is -0.493 e. The van der Waals surface area contributed by atoms with Crippen molar-refractivity contribution in [2.24, 2.45) is 7.05 Å². The van der Waals surface area contributed by atoms with Crippen LogP contribution in [-0.4, -0.2) is 42.0 Å². The van der Waals surface area contributed by atoms with Gasteiger partial charge in [0.15, 0.2) is 17.3 Å². The predicted octanol–water partition coefficient (Wildman–Crippen LogP) is 3.35. The van der Waals surface area contributed by atoms with Gasteiger partial charge >= 0.3 is 0 Å². The van der Waals surface area contributed by atoms with Gasteiger partial charge in [-0.3, -0.25) is 9.89 Å². The Balaban J connectivity index is 1.87. The van der Waals surface area contributed by atoms with E-state index in [0.29, 0.717) is 39.5 Å². The summed E-state index contributed by atoms with van der Waals surface area (Å²) in [6, 6.07) is 6.88. The normalized spacial score (nSPS) is 10.6. The highest BCUT2D eigenvalue weighted by Gasteiger charge is 2.17. The van der Waals surface area contributed by atoms with E-state index in [1.165, 1.54) is 0 Å². The lowest BCUT2D eigenvalue weighted by Gasteiger charge is -2.13. The van der Waals surface area contributed by atoms with Crippen LogP contribution in [0.4, 0.5) is 5.82 Å². The minimum absolute atomic E-state index is 0.313. The number of carbonyl (C=O) groups is 1. The first-order valence-corrected chi connectivity index (χ1v) is 8.33. The van der Waals surface area contributed by atoms with Crippen molar-refractivity contribution < 1.29 is 19.0 Å². The molecule has 2 N–H and O–H groups in total.